The largest absolute Gasteiger partial charge is 0.465 e. The summed E-state index contributed by atoms with van der Waals surface area (Å²) in [5, 5.41) is 0. The summed E-state index contributed by atoms with van der Waals surface area (Å²) in [6, 6.07) is 1.77. The van der Waals surface area contributed by atoms with Gasteiger partial charge in [0.2, 0.25) is 0 Å². The Morgan fingerprint density at radius 2 is 1.82 bits per heavy atom. The first-order valence-electron chi connectivity index (χ1n) is 5.64. The minimum absolute atomic E-state index is 0.00213. The highest BCUT2D eigenvalue weighted by atomic mass is 32.1. The number of hydrogen-bond acceptors (Lipinski definition) is 4. The highest BCUT2D eigenvalue weighted by Gasteiger charge is 2.24. The number of ketones is 1. The molecule has 94 valence electrons. The zero-order chi connectivity index (χ0) is 13.2. The Kier molecular flexibility index (Phi) is 4.46. The first-order valence-corrected chi connectivity index (χ1v) is 6.46. The number of carbonyl (C=O) groups excluding carboxylic acids is 2. The molecular formula is C13H18O3S. The van der Waals surface area contributed by atoms with Gasteiger partial charge in [-0.05, 0) is 12.0 Å². The monoisotopic (exact) mass is 254 g/mol. The van der Waals surface area contributed by atoms with Gasteiger partial charge >= 0.3 is 5.97 Å². The maximum absolute atomic E-state index is 12.0. The summed E-state index contributed by atoms with van der Waals surface area (Å²) in [5.74, 6) is -0.242. The predicted octanol–water partition coefficient (Wildman–Crippen LogP) is 3.50. The molecule has 0 amide bonds. The van der Waals surface area contributed by atoms with E-state index in [2.05, 4.69) is 0 Å². The van der Waals surface area contributed by atoms with Crippen LogP contribution in [-0.2, 0) is 4.74 Å². The molecule has 4 heteroatoms. The Bertz CT molecular complexity index is 430. The topological polar surface area (TPSA) is 43.4 Å². The molecule has 0 unspecified atom stereocenters. The summed E-state index contributed by atoms with van der Waals surface area (Å²) >= 11 is 1.40. The first-order chi connectivity index (χ1) is 7.88. The maximum Gasteiger partial charge on any atom is 0.339 e. The van der Waals surface area contributed by atoms with Crippen molar-refractivity contribution in [1.29, 1.82) is 0 Å². The SMILES string of the molecule is COC(=O)c1cc(C(C)C)sc1C(=O)C(C)C. The van der Waals surface area contributed by atoms with Crippen molar-refractivity contribution in [3.63, 3.8) is 0 Å². The van der Waals surface area contributed by atoms with Crippen molar-refractivity contribution in [2.45, 2.75) is 33.6 Å². The second-order valence-corrected chi connectivity index (χ2v) is 5.64. The number of Topliss-reactive ketones (excluding diaryl/α,β-unsaturated/α-hetero) is 1. The van der Waals surface area contributed by atoms with Crippen LogP contribution in [0.2, 0.25) is 0 Å². The molecule has 0 atom stereocenters. The molecular weight excluding hydrogens is 236 g/mol. The molecule has 0 saturated carbocycles. The molecule has 1 aromatic heterocycles. The lowest BCUT2D eigenvalue weighted by Crippen LogP contribution is -2.11. The average Bonchev–Trinajstić information content (AvgIpc) is 2.71. The number of carbonyl (C=O) groups is 2. The number of methoxy groups -OCH3 is 1. The standard InChI is InChI=1S/C13H18O3S/c1-7(2)10-6-9(13(15)16-5)12(17-10)11(14)8(3)4/h6-8H,1-5H3. The predicted molar refractivity (Wildman–Crippen MR) is 68.9 cm³/mol. The van der Waals surface area contributed by atoms with Crippen molar-refractivity contribution in [3.8, 4) is 0 Å². The normalized spacial score (nSPS) is 11.0. The number of hydrogen-bond donors (Lipinski definition) is 0. The van der Waals surface area contributed by atoms with E-state index < -0.39 is 5.97 Å². The molecule has 17 heavy (non-hydrogen) atoms. The molecule has 0 N–H and O–H groups in total. The van der Waals surface area contributed by atoms with Crippen LogP contribution in [-0.4, -0.2) is 18.9 Å². The molecule has 0 bridgehead atoms. The molecule has 1 heterocycles. The Labute approximate surface area is 106 Å². The minimum atomic E-state index is -0.433. The van der Waals surface area contributed by atoms with E-state index in [0.29, 0.717) is 16.4 Å². The minimum Gasteiger partial charge on any atom is -0.465 e. The van der Waals surface area contributed by atoms with Crippen LogP contribution in [0.25, 0.3) is 0 Å². The van der Waals surface area contributed by atoms with E-state index in [0.717, 1.165) is 4.88 Å². The van der Waals surface area contributed by atoms with E-state index >= 15 is 0 Å². The van der Waals surface area contributed by atoms with E-state index in [1.807, 2.05) is 27.7 Å². The van der Waals surface area contributed by atoms with E-state index in [4.69, 9.17) is 4.74 Å². The molecule has 1 aromatic rings. The molecule has 0 fully saturated rings. The third kappa shape index (κ3) is 2.94. The second kappa shape index (κ2) is 5.45. The number of esters is 1. The van der Waals surface area contributed by atoms with Gasteiger partial charge in [0, 0.05) is 10.8 Å². The maximum atomic E-state index is 12.0. The summed E-state index contributed by atoms with van der Waals surface area (Å²) in [7, 11) is 1.33. The van der Waals surface area contributed by atoms with Crippen LogP contribution >= 0.6 is 11.3 Å². The molecule has 0 saturated heterocycles. The summed E-state index contributed by atoms with van der Waals surface area (Å²) in [6.07, 6.45) is 0. The van der Waals surface area contributed by atoms with Crippen LogP contribution in [0.3, 0.4) is 0 Å². The highest BCUT2D eigenvalue weighted by Crippen LogP contribution is 2.30. The van der Waals surface area contributed by atoms with Gasteiger partial charge in [-0.2, -0.15) is 0 Å². The Balaban J connectivity index is 3.26. The lowest BCUT2D eigenvalue weighted by Gasteiger charge is -2.03. The Morgan fingerprint density at radius 1 is 1.24 bits per heavy atom. The summed E-state index contributed by atoms with van der Waals surface area (Å²) in [5.41, 5.74) is 0.403. The summed E-state index contributed by atoms with van der Waals surface area (Å²) in [4.78, 5) is 25.2. The van der Waals surface area contributed by atoms with Crippen molar-refractivity contribution in [1.82, 2.24) is 0 Å². The van der Waals surface area contributed by atoms with Gasteiger partial charge in [0.25, 0.3) is 0 Å². The third-order valence-corrected chi connectivity index (χ3v) is 3.92. The van der Waals surface area contributed by atoms with Crippen molar-refractivity contribution in [2.75, 3.05) is 7.11 Å². The molecule has 0 aliphatic heterocycles. The fraction of sp³-hybridized carbons (Fsp3) is 0.538. The molecule has 0 aromatic carbocycles. The van der Waals surface area contributed by atoms with Gasteiger partial charge in [0.05, 0.1) is 17.6 Å². The summed E-state index contributed by atoms with van der Waals surface area (Å²) < 4.78 is 4.72. The Morgan fingerprint density at radius 3 is 2.24 bits per heavy atom. The van der Waals surface area contributed by atoms with E-state index in [9.17, 15) is 9.59 Å². The van der Waals surface area contributed by atoms with Gasteiger partial charge in [-0.25, -0.2) is 4.79 Å². The zero-order valence-electron chi connectivity index (χ0n) is 10.9. The second-order valence-electron chi connectivity index (χ2n) is 4.56. The van der Waals surface area contributed by atoms with Crippen LogP contribution in [0.15, 0.2) is 6.07 Å². The van der Waals surface area contributed by atoms with E-state index in [-0.39, 0.29) is 11.7 Å². The van der Waals surface area contributed by atoms with Gasteiger partial charge in [0.1, 0.15) is 0 Å². The van der Waals surface area contributed by atoms with Crippen molar-refractivity contribution in [3.05, 3.63) is 21.4 Å². The van der Waals surface area contributed by atoms with Gasteiger partial charge < -0.3 is 4.74 Å². The van der Waals surface area contributed by atoms with E-state index in [1.54, 1.807) is 6.07 Å². The van der Waals surface area contributed by atoms with Gasteiger partial charge in [0.15, 0.2) is 5.78 Å². The van der Waals surface area contributed by atoms with Gasteiger partial charge in [-0.15, -0.1) is 11.3 Å². The first kappa shape index (κ1) is 13.9. The van der Waals surface area contributed by atoms with Crippen LogP contribution < -0.4 is 0 Å². The molecule has 0 aliphatic carbocycles. The van der Waals surface area contributed by atoms with Crippen molar-refractivity contribution >= 4 is 23.1 Å². The molecule has 3 nitrogen and oxygen atoms in total. The van der Waals surface area contributed by atoms with Gasteiger partial charge in [-0.1, -0.05) is 27.7 Å². The Hall–Kier alpha value is -1.16. The van der Waals surface area contributed by atoms with E-state index in [1.165, 1.54) is 18.4 Å². The number of ether oxygens (including phenoxy) is 1. The average molecular weight is 254 g/mol. The zero-order valence-corrected chi connectivity index (χ0v) is 11.7. The van der Waals surface area contributed by atoms with Crippen LogP contribution in [0, 0.1) is 5.92 Å². The number of rotatable bonds is 4. The molecule has 1 rings (SSSR count). The molecule has 0 spiro atoms. The molecule has 0 radical (unpaired) electrons. The molecule has 0 aliphatic rings. The fourth-order valence-electron chi connectivity index (χ4n) is 1.40. The lowest BCUT2D eigenvalue weighted by atomic mass is 10.0. The lowest BCUT2D eigenvalue weighted by molar-refractivity contribution is 0.0597. The van der Waals surface area contributed by atoms with Crippen LogP contribution in [0.4, 0.5) is 0 Å². The highest BCUT2D eigenvalue weighted by molar-refractivity contribution is 7.14. The smallest absolute Gasteiger partial charge is 0.339 e. The number of thiophene rings is 1. The van der Waals surface area contributed by atoms with Crippen molar-refractivity contribution < 1.29 is 14.3 Å². The summed E-state index contributed by atoms with van der Waals surface area (Å²) in [6.45, 7) is 7.74. The van der Waals surface area contributed by atoms with Crippen LogP contribution in [0.5, 0.6) is 0 Å². The van der Waals surface area contributed by atoms with Crippen LogP contribution in [0.1, 0.15) is 58.5 Å². The fourth-order valence-corrected chi connectivity index (χ4v) is 2.64. The van der Waals surface area contributed by atoms with Crippen molar-refractivity contribution in [2.24, 2.45) is 5.92 Å². The quantitative estimate of drug-likeness (QED) is 0.610. The van der Waals surface area contributed by atoms with Gasteiger partial charge in [-0.3, -0.25) is 4.79 Å². The third-order valence-electron chi connectivity index (χ3n) is 2.47.